The Labute approximate surface area is 110 Å². The minimum absolute atomic E-state index is 0.186. The molecule has 0 aromatic carbocycles. The molecule has 2 fully saturated rings. The summed E-state index contributed by atoms with van der Waals surface area (Å²) in [7, 11) is 0. The van der Waals surface area contributed by atoms with E-state index in [9.17, 15) is 4.79 Å². The first-order valence-electron chi connectivity index (χ1n) is 7.41. The van der Waals surface area contributed by atoms with Crippen LogP contribution in [0.15, 0.2) is 0 Å². The van der Waals surface area contributed by atoms with Gasteiger partial charge in [-0.25, -0.2) is 0 Å². The second-order valence-electron chi connectivity index (χ2n) is 5.99. The number of amides is 1. The van der Waals surface area contributed by atoms with E-state index in [0.29, 0.717) is 12.6 Å². The lowest BCUT2D eigenvalue weighted by molar-refractivity contribution is -0.123. The van der Waals surface area contributed by atoms with Crippen LogP contribution in [0.3, 0.4) is 0 Å². The highest BCUT2D eigenvalue weighted by Crippen LogP contribution is 2.29. The highest BCUT2D eigenvalue weighted by atomic mass is 16.2. The molecule has 0 bridgehead atoms. The summed E-state index contributed by atoms with van der Waals surface area (Å²) >= 11 is 0. The van der Waals surface area contributed by atoms with Crippen molar-refractivity contribution in [3.05, 3.63) is 0 Å². The van der Waals surface area contributed by atoms with Gasteiger partial charge in [-0.15, -0.1) is 0 Å². The molecule has 0 aromatic heterocycles. The fourth-order valence-corrected chi connectivity index (χ4v) is 3.36. The first-order chi connectivity index (χ1) is 8.66. The Hall–Kier alpha value is -0.610. The largest absolute Gasteiger partial charge is 0.353 e. The van der Waals surface area contributed by atoms with Gasteiger partial charge in [-0.1, -0.05) is 0 Å². The lowest BCUT2D eigenvalue weighted by Gasteiger charge is -2.34. The third kappa shape index (κ3) is 3.69. The third-order valence-electron chi connectivity index (χ3n) is 4.14. The Bertz CT molecular complexity index is 274. The van der Waals surface area contributed by atoms with Crippen molar-refractivity contribution in [2.45, 2.75) is 51.6 Å². The van der Waals surface area contributed by atoms with Crippen molar-refractivity contribution in [1.29, 1.82) is 0 Å². The summed E-state index contributed by atoms with van der Waals surface area (Å²) in [5, 5.41) is 6.42. The van der Waals surface area contributed by atoms with Crippen LogP contribution < -0.4 is 10.6 Å². The molecule has 0 spiro atoms. The molecular weight excluding hydrogens is 226 g/mol. The van der Waals surface area contributed by atoms with Crippen molar-refractivity contribution in [1.82, 2.24) is 15.5 Å². The van der Waals surface area contributed by atoms with Gasteiger partial charge in [-0.3, -0.25) is 9.69 Å². The first-order valence-corrected chi connectivity index (χ1v) is 7.41. The third-order valence-corrected chi connectivity index (χ3v) is 4.14. The molecule has 2 heterocycles. The fraction of sp³-hybridized carbons (Fsp3) is 0.929. The number of piperidine rings is 1. The van der Waals surface area contributed by atoms with Crippen LogP contribution in [0.2, 0.25) is 0 Å². The van der Waals surface area contributed by atoms with Crippen molar-refractivity contribution in [3.8, 4) is 0 Å². The highest BCUT2D eigenvalue weighted by Gasteiger charge is 2.33. The maximum atomic E-state index is 11.9. The van der Waals surface area contributed by atoms with Crippen molar-refractivity contribution in [2.75, 3.05) is 26.2 Å². The molecule has 1 atom stereocenters. The van der Waals surface area contributed by atoms with Crippen molar-refractivity contribution >= 4 is 5.91 Å². The average molecular weight is 253 g/mol. The van der Waals surface area contributed by atoms with Crippen LogP contribution in [-0.2, 0) is 4.79 Å². The molecule has 0 aliphatic carbocycles. The molecule has 0 radical (unpaired) electrons. The van der Waals surface area contributed by atoms with Crippen LogP contribution in [0.1, 0.15) is 39.5 Å². The van der Waals surface area contributed by atoms with Crippen LogP contribution in [0.25, 0.3) is 0 Å². The van der Waals surface area contributed by atoms with Gasteiger partial charge in [0.2, 0.25) is 5.91 Å². The zero-order valence-electron chi connectivity index (χ0n) is 11.7. The summed E-state index contributed by atoms with van der Waals surface area (Å²) in [4.78, 5) is 14.3. The minimum Gasteiger partial charge on any atom is -0.353 e. The molecule has 1 amide bonds. The predicted octanol–water partition coefficient (Wildman–Crippen LogP) is 0.975. The summed E-state index contributed by atoms with van der Waals surface area (Å²) in [5.74, 6) is 0.978. The average Bonchev–Trinajstić information content (AvgIpc) is 2.77. The number of likely N-dealkylation sites (tertiary alicyclic amines) is 1. The maximum Gasteiger partial charge on any atom is 0.234 e. The lowest BCUT2D eigenvalue weighted by Crippen LogP contribution is -2.46. The Morgan fingerprint density at radius 3 is 2.72 bits per heavy atom. The van der Waals surface area contributed by atoms with E-state index in [4.69, 9.17) is 0 Å². The molecule has 1 unspecified atom stereocenters. The summed E-state index contributed by atoms with van der Waals surface area (Å²) < 4.78 is 0. The van der Waals surface area contributed by atoms with Gasteiger partial charge in [-0.05, 0) is 65.1 Å². The Morgan fingerprint density at radius 2 is 2.06 bits per heavy atom. The number of rotatable bonds is 4. The molecule has 0 saturated carbocycles. The molecule has 0 aromatic rings. The molecule has 2 aliphatic rings. The van der Waals surface area contributed by atoms with E-state index >= 15 is 0 Å². The first kappa shape index (κ1) is 13.8. The SMILES string of the molecule is CC(C)NC(=O)CN1CCCC1C1CCNCC1. The molecule has 2 saturated heterocycles. The molecule has 2 aliphatic heterocycles. The standard InChI is InChI=1S/C14H27N3O/c1-11(2)16-14(18)10-17-9-3-4-13(17)12-5-7-15-8-6-12/h11-13,15H,3-10H2,1-2H3,(H,16,18). The highest BCUT2D eigenvalue weighted by molar-refractivity contribution is 5.78. The van der Waals surface area contributed by atoms with Gasteiger partial charge in [0.05, 0.1) is 6.54 Å². The Morgan fingerprint density at radius 1 is 1.33 bits per heavy atom. The number of nitrogens with one attached hydrogen (secondary N) is 2. The maximum absolute atomic E-state index is 11.9. The number of hydrogen-bond donors (Lipinski definition) is 2. The number of carbonyl (C=O) groups is 1. The van der Waals surface area contributed by atoms with E-state index in [1.807, 2.05) is 13.8 Å². The number of nitrogens with zero attached hydrogens (tertiary/aromatic N) is 1. The molecule has 2 rings (SSSR count). The van der Waals surface area contributed by atoms with Gasteiger partial charge in [0.15, 0.2) is 0 Å². The van der Waals surface area contributed by atoms with Crippen LogP contribution >= 0.6 is 0 Å². The van der Waals surface area contributed by atoms with Crippen LogP contribution in [0.5, 0.6) is 0 Å². The molecule has 2 N–H and O–H groups in total. The van der Waals surface area contributed by atoms with Crippen LogP contribution in [-0.4, -0.2) is 49.1 Å². The van der Waals surface area contributed by atoms with E-state index in [-0.39, 0.29) is 11.9 Å². The quantitative estimate of drug-likeness (QED) is 0.785. The van der Waals surface area contributed by atoms with Gasteiger partial charge >= 0.3 is 0 Å². The Kier molecular flexibility index (Phi) is 5.01. The molecule has 104 valence electrons. The smallest absolute Gasteiger partial charge is 0.234 e. The monoisotopic (exact) mass is 253 g/mol. The van der Waals surface area contributed by atoms with E-state index in [0.717, 1.165) is 25.6 Å². The number of carbonyl (C=O) groups excluding carboxylic acids is 1. The normalized spacial score (nSPS) is 26.7. The molecular formula is C14H27N3O. The minimum atomic E-state index is 0.186. The van der Waals surface area contributed by atoms with Crippen molar-refractivity contribution < 1.29 is 4.79 Å². The van der Waals surface area contributed by atoms with E-state index in [1.165, 1.54) is 25.7 Å². The van der Waals surface area contributed by atoms with E-state index < -0.39 is 0 Å². The predicted molar refractivity (Wildman–Crippen MR) is 73.5 cm³/mol. The van der Waals surface area contributed by atoms with E-state index in [2.05, 4.69) is 15.5 Å². The number of hydrogen-bond acceptors (Lipinski definition) is 3. The molecule has 4 heteroatoms. The zero-order valence-corrected chi connectivity index (χ0v) is 11.7. The van der Waals surface area contributed by atoms with Crippen molar-refractivity contribution in [2.24, 2.45) is 5.92 Å². The lowest BCUT2D eigenvalue weighted by atomic mass is 9.89. The summed E-state index contributed by atoms with van der Waals surface area (Å²) in [6.45, 7) is 8.02. The second kappa shape index (κ2) is 6.53. The topological polar surface area (TPSA) is 44.4 Å². The summed E-state index contributed by atoms with van der Waals surface area (Å²) in [6, 6.07) is 0.891. The van der Waals surface area contributed by atoms with Gasteiger partial charge in [0.1, 0.15) is 0 Å². The van der Waals surface area contributed by atoms with Gasteiger partial charge in [-0.2, -0.15) is 0 Å². The van der Waals surface area contributed by atoms with Gasteiger partial charge in [0.25, 0.3) is 0 Å². The second-order valence-corrected chi connectivity index (χ2v) is 5.99. The molecule has 4 nitrogen and oxygen atoms in total. The Balaban J connectivity index is 1.84. The van der Waals surface area contributed by atoms with E-state index in [1.54, 1.807) is 0 Å². The van der Waals surface area contributed by atoms with Gasteiger partial charge < -0.3 is 10.6 Å². The summed E-state index contributed by atoms with van der Waals surface area (Å²) in [5.41, 5.74) is 0. The van der Waals surface area contributed by atoms with Crippen LogP contribution in [0.4, 0.5) is 0 Å². The molecule has 18 heavy (non-hydrogen) atoms. The zero-order chi connectivity index (χ0) is 13.0. The van der Waals surface area contributed by atoms with Gasteiger partial charge in [0, 0.05) is 12.1 Å². The van der Waals surface area contributed by atoms with Crippen molar-refractivity contribution in [3.63, 3.8) is 0 Å². The van der Waals surface area contributed by atoms with Crippen LogP contribution in [0, 0.1) is 5.92 Å². The summed E-state index contributed by atoms with van der Waals surface area (Å²) in [6.07, 6.45) is 5.07. The fourth-order valence-electron chi connectivity index (χ4n) is 3.36.